The molecule has 6 nitrogen and oxygen atoms in total. The summed E-state index contributed by atoms with van der Waals surface area (Å²) in [5.74, 6) is -0.395. The zero-order valence-electron chi connectivity index (χ0n) is 16.4. The number of hydrogen-bond acceptors (Lipinski definition) is 3. The van der Waals surface area contributed by atoms with Crippen molar-refractivity contribution in [2.75, 3.05) is 4.90 Å². The Kier molecular flexibility index (Phi) is 6.08. The molecule has 0 atom stereocenters. The first-order valence-electron chi connectivity index (χ1n) is 9.70. The fourth-order valence-corrected chi connectivity index (χ4v) is 3.85. The number of carboxylic acids is 1. The number of carbonyl (C=O) groups excluding carboxylic acids is 1. The van der Waals surface area contributed by atoms with Gasteiger partial charge in [-0.05, 0) is 69.7 Å². The minimum Gasteiger partial charge on any atom is -0.477 e. The molecule has 2 aromatic rings. The van der Waals surface area contributed by atoms with Crippen LogP contribution in [-0.4, -0.2) is 32.8 Å². The van der Waals surface area contributed by atoms with Crippen LogP contribution in [0.15, 0.2) is 30.5 Å². The van der Waals surface area contributed by atoms with Crippen LogP contribution in [-0.2, 0) is 4.79 Å². The number of halogens is 1. The monoisotopic (exact) mass is 403 g/mol. The van der Waals surface area contributed by atoms with Gasteiger partial charge >= 0.3 is 5.97 Å². The van der Waals surface area contributed by atoms with E-state index in [1.165, 1.54) is 10.9 Å². The second-order valence-corrected chi connectivity index (χ2v) is 8.29. The second kappa shape index (κ2) is 8.35. The number of anilines is 1. The first kappa shape index (κ1) is 20.4. The van der Waals surface area contributed by atoms with Gasteiger partial charge in [-0.1, -0.05) is 18.5 Å². The molecule has 150 valence electrons. The first-order valence-corrected chi connectivity index (χ1v) is 10.1. The summed E-state index contributed by atoms with van der Waals surface area (Å²) in [5, 5.41) is 14.8. The standard InChI is InChI=1S/C21H26ClN3O3/c1-13(2)25(20(26)15-6-4-14(3)5-7-15)19-18(21(27)28)12-24(23-19)17-10-8-16(22)9-11-17/h8-15H,4-7H2,1-3H3,(H,27,28)/t14-,15-. The van der Waals surface area contributed by atoms with Gasteiger partial charge in [0.15, 0.2) is 5.82 Å². The normalized spacial score (nSPS) is 19.6. The maximum absolute atomic E-state index is 13.3. The maximum atomic E-state index is 13.3. The van der Waals surface area contributed by atoms with Gasteiger partial charge in [0.05, 0.1) is 5.69 Å². The topological polar surface area (TPSA) is 75.4 Å². The van der Waals surface area contributed by atoms with Crippen LogP contribution in [0.1, 0.15) is 56.8 Å². The van der Waals surface area contributed by atoms with Gasteiger partial charge in [-0.15, -0.1) is 5.10 Å². The molecule has 0 aliphatic heterocycles. The van der Waals surface area contributed by atoms with Crippen molar-refractivity contribution in [2.45, 2.75) is 52.5 Å². The summed E-state index contributed by atoms with van der Waals surface area (Å²) < 4.78 is 1.49. The molecule has 1 N–H and O–H groups in total. The van der Waals surface area contributed by atoms with E-state index >= 15 is 0 Å². The van der Waals surface area contributed by atoms with Crippen LogP contribution >= 0.6 is 11.6 Å². The molecule has 0 spiro atoms. The average molecular weight is 404 g/mol. The van der Waals surface area contributed by atoms with E-state index < -0.39 is 5.97 Å². The van der Waals surface area contributed by atoms with Crippen molar-refractivity contribution < 1.29 is 14.7 Å². The Hall–Kier alpha value is -2.34. The predicted octanol–water partition coefficient (Wildman–Crippen LogP) is 4.79. The Labute approximate surface area is 170 Å². The van der Waals surface area contributed by atoms with Crippen molar-refractivity contribution in [2.24, 2.45) is 11.8 Å². The molecule has 1 saturated carbocycles. The van der Waals surface area contributed by atoms with E-state index in [-0.39, 0.29) is 29.2 Å². The molecule has 1 aliphatic carbocycles. The van der Waals surface area contributed by atoms with Crippen LogP contribution in [0, 0.1) is 11.8 Å². The van der Waals surface area contributed by atoms with Gasteiger partial charge in [0.25, 0.3) is 0 Å². The molecule has 1 aromatic heterocycles. The molecule has 1 aliphatic rings. The fourth-order valence-electron chi connectivity index (χ4n) is 3.73. The minimum absolute atomic E-state index is 0.0150. The largest absolute Gasteiger partial charge is 0.477 e. The summed E-state index contributed by atoms with van der Waals surface area (Å²) in [7, 11) is 0. The fraction of sp³-hybridized carbons (Fsp3) is 0.476. The first-order chi connectivity index (χ1) is 13.3. The van der Waals surface area contributed by atoms with Crippen molar-refractivity contribution in [3.8, 4) is 5.69 Å². The lowest BCUT2D eigenvalue weighted by molar-refractivity contribution is -0.123. The van der Waals surface area contributed by atoms with E-state index in [0.29, 0.717) is 16.6 Å². The van der Waals surface area contributed by atoms with Crippen molar-refractivity contribution in [3.05, 3.63) is 41.0 Å². The quantitative estimate of drug-likeness (QED) is 0.778. The summed E-state index contributed by atoms with van der Waals surface area (Å²) in [6, 6.07) is 6.75. The third-order valence-electron chi connectivity index (χ3n) is 5.36. The van der Waals surface area contributed by atoms with Crippen LogP contribution in [0.25, 0.3) is 5.69 Å². The second-order valence-electron chi connectivity index (χ2n) is 7.85. The van der Waals surface area contributed by atoms with E-state index in [9.17, 15) is 14.7 Å². The Morgan fingerprint density at radius 2 is 1.79 bits per heavy atom. The zero-order valence-corrected chi connectivity index (χ0v) is 17.2. The third kappa shape index (κ3) is 4.22. The number of benzene rings is 1. The highest BCUT2D eigenvalue weighted by Crippen LogP contribution is 2.32. The Morgan fingerprint density at radius 1 is 1.18 bits per heavy atom. The zero-order chi connectivity index (χ0) is 20.4. The number of amides is 1. The van der Waals surface area contributed by atoms with Crippen LogP contribution in [0.3, 0.4) is 0 Å². The van der Waals surface area contributed by atoms with Gasteiger partial charge in [0, 0.05) is 23.2 Å². The highest BCUT2D eigenvalue weighted by molar-refractivity contribution is 6.30. The summed E-state index contributed by atoms with van der Waals surface area (Å²) >= 11 is 5.94. The molecule has 28 heavy (non-hydrogen) atoms. The number of hydrogen-bond donors (Lipinski definition) is 1. The molecular formula is C21H26ClN3O3. The van der Waals surface area contributed by atoms with E-state index in [4.69, 9.17) is 11.6 Å². The Morgan fingerprint density at radius 3 is 2.32 bits per heavy atom. The number of carboxylic acid groups (broad SMARTS) is 1. The lowest BCUT2D eigenvalue weighted by atomic mass is 9.82. The summed E-state index contributed by atoms with van der Waals surface area (Å²) in [4.78, 5) is 26.7. The highest BCUT2D eigenvalue weighted by atomic mass is 35.5. The van der Waals surface area contributed by atoms with Crippen LogP contribution in [0.2, 0.25) is 5.02 Å². The van der Waals surface area contributed by atoms with Gasteiger partial charge in [-0.2, -0.15) is 0 Å². The lowest BCUT2D eigenvalue weighted by Crippen LogP contribution is -2.43. The van der Waals surface area contributed by atoms with Gasteiger partial charge in [-0.25, -0.2) is 9.48 Å². The van der Waals surface area contributed by atoms with Gasteiger partial charge in [0.1, 0.15) is 5.56 Å². The smallest absolute Gasteiger partial charge is 0.341 e. The van der Waals surface area contributed by atoms with Gasteiger partial charge < -0.3 is 5.11 Å². The molecule has 1 fully saturated rings. The molecule has 0 bridgehead atoms. The summed E-state index contributed by atoms with van der Waals surface area (Å²) in [6.45, 7) is 5.98. The highest BCUT2D eigenvalue weighted by Gasteiger charge is 2.34. The van der Waals surface area contributed by atoms with Crippen LogP contribution in [0.4, 0.5) is 5.82 Å². The number of rotatable bonds is 5. The number of aromatic carboxylic acids is 1. The summed E-state index contributed by atoms with van der Waals surface area (Å²) in [5.41, 5.74) is 0.696. The van der Waals surface area contributed by atoms with Crippen molar-refractivity contribution in [1.29, 1.82) is 0 Å². The lowest BCUT2D eigenvalue weighted by Gasteiger charge is -2.32. The molecule has 0 unspecified atom stereocenters. The molecule has 0 radical (unpaired) electrons. The Balaban J connectivity index is 1.99. The molecular weight excluding hydrogens is 378 g/mol. The van der Waals surface area contributed by atoms with Crippen LogP contribution < -0.4 is 4.90 Å². The summed E-state index contributed by atoms with van der Waals surface area (Å²) in [6.07, 6.45) is 5.17. The van der Waals surface area contributed by atoms with Crippen LogP contribution in [0.5, 0.6) is 0 Å². The predicted molar refractivity (Wildman–Crippen MR) is 109 cm³/mol. The SMILES string of the molecule is CC(C)N(c1nn(-c2ccc(Cl)cc2)cc1C(=O)O)C(=O)[C@H]1CC[C@H](C)CC1. The van der Waals surface area contributed by atoms with Gasteiger partial charge in [-0.3, -0.25) is 9.69 Å². The number of aromatic nitrogens is 2. The Bertz CT molecular complexity index is 852. The minimum atomic E-state index is -1.11. The number of carbonyl (C=O) groups is 2. The van der Waals surface area contributed by atoms with E-state index in [0.717, 1.165) is 25.7 Å². The van der Waals surface area contributed by atoms with Crippen molar-refractivity contribution in [1.82, 2.24) is 9.78 Å². The van der Waals surface area contributed by atoms with Crippen molar-refractivity contribution >= 4 is 29.3 Å². The van der Waals surface area contributed by atoms with E-state index in [1.807, 2.05) is 13.8 Å². The molecule has 1 aromatic carbocycles. The van der Waals surface area contributed by atoms with E-state index in [1.54, 1.807) is 29.2 Å². The molecule has 1 heterocycles. The van der Waals surface area contributed by atoms with Gasteiger partial charge in [0.2, 0.25) is 5.91 Å². The molecule has 1 amide bonds. The third-order valence-corrected chi connectivity index (χ3v) is 5.62. The molecule has 7 heteroatoms. The molecule has 3 rings (SSSR count). The van der Waals surface area contributed by atoms with E-state index in [2.05, 4.69) is 12.0 Å². The molecule has 0 saturated heterocycles. The number of nitrogens with zero attached hydrogens (tertiary/aromatic N) is 3. The maximum Gasteiger partial charge on any atom is 0.341 e. The average Bonchev–Trinajstić information content (AvgIpc) is 3.07. The van der Waals surface area contributed by atoms with Crippen molar-refractivity contribution in [3.63, 3.8) is 0 Å².